The Labute approximate surface area is 174 Å². The Kier molecular flexibility index (Phi) is 9.20. The van der Waals surface area contributed by atoms with Crippen LogP contribution in [0, 0.1) is 47.3 Å². The largest absolute Gasteiger partial charge is 0.246 e. The number of hydrogen-bond acceptors (Lipinski definition) is 0. The molecule has 0 radical (unpaired) electrons. The van der Waals surface area contributed by atoms with Gasteiger partial charge in [-0.25, -0.2) is 4.39 Å². The van der Waals surface area contributed by atoms with Crippen molar-refractivity contribution in [3.63, 3.8) is 0 Å². The second-order valence-electron chi connectivity index (χ2n) is 10.4. The maximum atomic E-state index is 14.6. The van der Waals surface area contributed by atoms with Gasteiger partial charge in [0.05, 0.1) is 5.92 Å². The smallest absolute Gasteiger partial charge is 0.114 e. The SMILES string of the molecule is CCCCCC1CCC(C#C[C@H]2CC[C@H]([C@H]3CC[C@H](CC)CC3)CC2)C(F)C1. The van der Waals surface area contributed by atoms with Crippen LogP contribution in [0.25, 0.3) is 0 Å². The van der Waals surface area contributed by atoms with Gasteiger partial charge in [0.2, 0.25) is 0 Å². The fourth-order valence-electron chi connectivity index (χ4n) is 6.33. The predicted molar refractivity (Wildman–Crippen MR) is 119 cm³/mol. The molecule has 3 atom stereocenters. The molecule has 0 saturated heterocycles. The minimum atomic E-state index is -0.669. The van der Waals surface area contributed by atoms with Crippen LogP contribution in [0.3, 0.4) is 0 Å². The van der Waals surface area contributed by atoms with E-state index in [-0.39, 0.29) is 5.92 Å². The molecule has 0 amide bonds. The van der Waals surface area contributed by atoms with Crippen molar-refractivity contribution >= 4 is 0 Å². The zero-order valence-electron chi connectivity index (χ0n) is 18.7. The highest BCUT2D eigenvalue weighted by molar-refractivity contribution is 5.11. The Morgan fingerprint density at radius 2 is 1.36 bits per heavy atom. The first-order chi connectivity index (χ1) is 13.7. The lowest BCUT2D eigenvalue weighted by atomic mass is 9.69. The standard InChI is InChI=1S/C27H45F/c1-3-5-6-7-23-13-19-26(27(28)20-23)18-12-22-10-16-25(17-11-22)24-14-8-21(4-2)9-15-24/h21-27H,3-11,13-17,19-20H2,1-2H3/t21-,22-,23?,24-,25-,26?,27?. The quantitative estimate of drug-likeness (QED) is 0.317. The zero-order valence-corrected chi connectivity index (χ0v) is 18.7. The fourth-order valence-corrected chi connectivity index (χ4v) is 6.33. The summed E-state index contributed by atoms with van der Waals surface area (Å²) in [6.45, 7) is 4.60. The van der Waals surface area contributed by atoms with Gasteiger partial charge in [-0.05, 0) is 81.5 Å². The molecule has 0 nitrogen and oxygen atoms in total. The van der Waals surface area contributed by atoms with E-state index in [1.807, 2.05) is 0 Å². The molecule has 0 spiro atoms. The summed E-state index contributed by atoms with van der Waals surface area (Å²) in [5.41, 5.74) is 0. The molecule has 3 saturated carbocycles. The summed E-state index contributed by atoms with van der Waals surface area (Å²) in [5.74, 6) is 11.1. The van der Waals surface area contributed by atoms with E-state index in [4.69, 9.17) is 0 Å². The van der Waals surface area contributed by atoms with Gasteiger partial charge in [0.15, 0.2) is 0 Å². The van der Waals surface area contributed by atoms with Gasteiger partial charge in [-0.3, -0.25) is 0 Å². The highest BCUT2D eigenvalue weighted by atomic mass is 19.1. The summed E-state index contributed by atoms with van der Waals surface area (Å²) in [4.78, 5) is 0. The molecule has 3 aliphatic carbocycles. The maximum Gasteiger partial charge on any atom is 0.114 e. The van der Waals surface area contributed by atoms with E-state index < -0.39 is 6.17 Å². The van der Waals surface area contributed by atoms with E-state index >= 15 is 0 Å². The lowest BCUT2D eigenvalue weighted by Crippen LogP contribution is -2.26. The summed E-state index contributed by atoms with van der Waals surface area (Å²) >= 11 is 0. The van der Waals surface area contributed by atoms with Crippen molar-refractivity contribution in [2.24, 2.45) is 35.5 Å². The Hall–Kier alpha value is -0.510. The zero-order chi connectivity index (χ0) is 19.8. The van der Waals surface area contributed by atoms with Gasteiger partial charge >= 0.3 is 0 Å². The van der Waals surface area contributed by atoms with Crippen LogP contribution in [0.15, 0.2) is 0 Å². The van der Waals surface area contributed by atoms with Crippen LogP contribution in [0.4, 0.5) is 4.39 Å². The second kappa shape index (κ2) is 11.6. The van der Waals surface area contributed by atoms with E-state index in [9.17, 15) is 4.39 Å². The third kappa shape index (κ3) is 6.50. The number of halogens is 1. The molecule has 3 fully saturated rings. The van der Waals surface area contributed by atoms with Crippen molar-refractivity contribution in [1.29, 1.82) is 0 Å². The van der Waals surface area contributed by atoms with E-state index in [0.717, 1.165) is 30.6 Å². The van der Waals surface area contributed by atoms with Crippen LogP contribution in [0.1, 0.15) is 117 Å². The summed E-state index contributed by atoms with van der Waals surface area (Å²) < 4.78 is 14.6. The van der Waals surface area contributed by atoms with Crippen LogP contribution in [-0.2, 0) is 0 Å². The number of rotatable bonds is 6. The predicted octanol–water partition coefficient (Wildman–Crippen LogP) is 8.35. The maximum absolute atomic E-state index is 14.6. The van der Waals surface area contributed by atoms with E-state index in [1.54, 1.807) is 0 Å². The fraction of sp³-hybridized carbons (Fsp3) is 0.926. The summed E-state index contributed by atoms with van der Waals surface area (Å²) in [6, 6.07) is 0. The molecule has 3 aliphatic rings. The van der Waals surface area contributed by atoms with E-state index in [1.165, 1.54) is 89.9 Å². The molecule has 0 aromatic rings. The molecule has 1 heteroatoms. The van der Waals surface area contributed by atoms with Crippen molar-refractivity contribution in [2.45, 2.75) is 123 Å². The Morgan fingerprint density at radius 3 is 1.96 bits per heavy atom. The van der Waals surface area contributed by atoms with Crippen molar-refractivity contribution in [1.82, 2.24) is 0 Å². The second-order valence-corrected chi connectivity index (χ2v) is 10.4. The average Bonchev–Trinajstić information content (AvgIpc) is 2.74. The number of hydrogen-bond donors (Lipinski definition) is 0. The normalized spacial score (nSPS) is 39.2. The first kappa shape index (κ1) is 22.2. The minimum Gasteiger partial charge on any atom is -0.246 e. The van der Waals surface area contributed by atoms with Crippen LogP contribution in [0.2, 0.25) is 0 Å². The third-order valence-corrected chi connectivity index (χ3v) is 8.48. The van der Waals surface area contributed by atoms with Crippen molar-refractivity contribution in [3.8, 4) is 11.8 Å². The third-order valence-electron chi connectivity index (χ3n) is 8.48. The van der Waals surface area contributed by atoms with Crippen LogP contribution in [-0.4, -0.2) is 6.17 Å². The molecule has 160 valence electrons. The molecule has 0 heterocycles. The monoisotopic (exact) mass is 388 g/mol. The van der Waals surface area contributed by atoms with Crippen LogP contribution < -0.4 is 0 Å². The minimum absolute atomic E-state index is 0.0319. The van der Waals surface area contributed by atoms with Gasteiger partial charge < -0.3 is 0 Å². The van der Waals surface area contributed by atoms with Gasteiger partial charge in [0.1, 0.15) is 6.17 Å². The lowest BCUT2D eigenvalue weighted by molar-refractivity contribution is 0.150. The summed E-state index contributed by atoms with van der Waals surface area (Å²) in [6.07, 6.45) is 20.0. The first-order valence-corrected chi connectivity index (χ1v) is 12.8. The topological polar surface area (TPSA) is 0 Å². The summed E-state index contributed by atoms with van der Waals surface area (Å²) in [5, 5.41) is 0. The average molecular weight is 389 g/mol. The van der Waals surface area contributed by atoms with E-state index in [0.29, 0.717) is 11.8 Å². The van der Waals surface area contributed by atoms with Gasteiger partial charge in [-0.2, -0.15) is 0 Å². The molecule has 0 bridgehead atoms. The van der Waals surface area contributed by atoms with Crippen LogP contribution >= 0.6 is 0 Å². The van der Waals surface area contributed by atoms with Gasteiger partial charge in [-0.1, -0.05) is 70.6 Å². The molecular formula is C27H45F. The number of alkyl halides is 1. The Balaban J connectivity index is 1.37. The Morgan fingerprint density at radius 1 is 0.714 bits per heavy atom. The summed E-state index contributed by atoms with van der Waals surface area (Å²) in [7, 11) is 0. The highest BCUT2D eigenvalue weighted by Gasteiger charge is 2.31. The molecule has 0 aromatic carbocycles. The van der Waals surface area contributed by atoms with E-state index in [2.05, 4.69) is 25.7 Å². The molecule has 28 heavy (non-hydrogen) atoms. The van der Waals surface area contributed by atoms with Crippen molar-refractivity contribution < 1.29 is 4.39 Å². The first-order valence-electron chi connectivity index (χ1n) is 12.8. The molecule has 0 aliphatic heterocycles. The molecule has 0 N–H and O–H groups in total. The van der Waals surface area contributed by atoms with Crippen molar-refractivity contribution in [2.75, 3.05) is 0 Å². The van der Waals surface area contributed by atoms with Crippen LogP contribution in [0.5, 0.6) is 0 Å². The number of unbranched alkanes of at least 4 members (excludes halogenated alkanes) is 2. The molecular weight excluding hydrogens is 343 g/mol. The Bertz CT molecular complexity index is 484. The molecule has 3 rings (SSSR count). The highest BCUT2D eigenvalue weighted by Crippen LogP contribution is 2.42. The molecule has 0 aromatic heterocycles. The van der Waals surface area contributed by atoms with Gasteiger partial charge in [-0.15, -0.1) is 0 Å². The van der Waals surface area contributed by atoms with Crippen molar-refractivity contribution in [3.05, 3.63) is 0 Å². The van der Waals surface area contributed by atoms with Gasteiger partial charge in [0, 0.05) is 5.92 Å². The van der Waals surface area contributed by atoms with Gasteiger partial charge in [0.25, 0.3) is 0 Å². The lowest BCUT2D eigenvalue weighted by Gasteiger charge is -2.37. The molecule has 3 unspecified atom stereocenters.